The molecular formula is C16H21N5O2S. The number of nitrogens with zero attached hydrogens (tertiary/aromatic N) is 4. The van der Waals surface area contributed by atoms with Crippen molar-refractivity contribution in [1.29, 1.82) is 0 Å². The second kappa shape index (κ2) is 7.65. The maximum atomic E-state index is 11.9. The SMILES string of the molecule is Cc1cccc(C)c1OCCNC(=O)CSc1nnnn1C1CC1. The van der Waals surface area contributed by atoms with E-state index in [1.54, 1.807) is 0 Å². The fraction of sp³-hybridized carbons (Fsp3) is 0.500. The van der Waals surface area contributed by atoms with Crippen LogP contribution in [0.15, 0.2) is 23.4 Å². The van der Waals surface area contributed by atoms with Crippen molar-refractivity contribution < 1.29 is 9.53 Å². The smallest absolute Gasteiger partial charge is 0.230 e. The lowest BCUT2D eigenvalue weighted by atomic mass is 10.1. The summed E-state index contributed by atoms with van der Waals surface area (Å²) in [5.41, 5.74) is 2.20. The minimum absolute atomic E-state index is 0.0459. The molecule has 1 aromatic heterocycles. The Labute approximate surface area is 145 Å². The number of aryl methyl sites for hydroxylation is 2. The van der Waals surface area contributed by atoms with Crippen LogP contribution in [0.2, 0.25) is 0 Å². The molecule has 1 heterocycles. The Kier molecular flexibility index (Phi) is 5.34. The number of thioether (sulfide) groups is 1. The first-order chi connectivity index (χ1) is 11.6. The topological polar surface area (TPSA) is 81.9 Å². The highest BCUT2D eigenvalue weighted by atomic mass is 32.2. The van der Waals surface area contributed by atoms with Crippen molar-refractivity contribution in [2.75, 3.05) is 18.9 Å². The van der Waals surface area contributed by atoms with Gasteiger partial charge in [0.15, 0.2) is 0 Å². The summed E-state index contributed by atoms with van der Waals surface area (Å²) in [6.45, 7) is 4.95. The Balaban J connectivity index is 1.37. The van der Waals surface area contributed by atoms with Crippen LogP contribution in [0.5, 0.6) is 5.75 Å². The second-order valence-electron chi connectivity index (χ2n) is 5.85. The summed E-state index contributed by atoms with van der Waals surface area (Å²) < 4.78 is 7.58. The molecule has 2 aromatic rings. The molecule has 1 aliphatic carbocycles. The standard InChI is InChI=1S/C16H21N5O2S/c1-11-4-3-5-12(2)15(11)23-9-8-17-14(22)10-24-16-18-19-20-21(16)13-6-7-13/h3-5,13H,6-10H2,1-2H3,(H,17,22). The Bertz CT molecular complexity index is 694. The van der Waals surface area contributed by atoms with Gasteiger partial charge in [-0.05, 0) is 48.2 Å². The lowest BCUT2D eigenvalue weighted by molar-refractivity contribution is -0.118. The molecular weight excluding hydrogens is 326 g/mol. The Hall–Kier alpha value is -2.09. The third-order valence-corrected chi connectivity index (χ3v) is 4.70. The van der Waals surface area contributed by atoms with Crippen LogP contribution in [0.3, 0.4) is 0 Å². The molecule has 8 heteroatoms. The minimum atomic E-state index is -0.0459. The van der Waals surface area contributed by atoms with Gasteiger partial charge in [0.05, 0.1) is 18.3 Å². The molecule has 1 aromatic carbocycles. The molecule has 7 nitrogen and oxygen atoms in total. The monoisotopic (exact) mass is 347 g/mol. The number of ether oxygens (including phenoxy) is 1. The number of nitrogens with one attached hydrogen (secondary N) is 1. The van der Waals surface area contributed by atoms with Gasteiger partial charge in [0.2, 0.25) is 11.1 Å². The van der Waals surface area contributed by atoms with Crippen molar-refractivity contribution in [2.24, 2.45) is 0 Å². The van der Waals surface area contributed by atoms with E-state index in [1.807, 2.05) is 36.7 Å². The summed E-state index contributed by atoms with van der Waals surface area (Å²) in [4.78, 5) is 11.9. The molecule has 3 rings (SSSR count). The number of hydrogen-bond donors (Lipinski definition) is 1. The van der Waals surface area contributed by atoms with E-state index in [4.69, 9.17) is 4.74 Å². The number of carbonyl (C=O) groups excluding carboxylic acids is 1. The predicted octanol–water partition coefficient (Wildman–Crippen LogP) is 1.91. The maximum Gasteiger partial charge on any atom is 0.230 e. The fourth-order valence-electron chi connectivity index (χ4n) is 2.38. The van der Waals surface area contributed by atoms with Gasteiger partial charge in [0, 0.05) is 0 Å². The van der Waals surface area contributed by atoms with Gasteiger partial charge in [0.1, 0.15) is 12.4 Å². The van der Waals surface area contributed by atoms with Crippen molar-refractivity contribution in [2.45, 2.75) is 37.9 Å². The van der Waals surface area contributed by atoms with E-state index in [0.29, 0.717) is 30.1 Å². The predicted molar refractivity (Wildman–Crippen MR) is 91.2 cm³/mol. The van der Waals surface area contributed by atoms with Crippen LogP contribution in [0, 0.1) is 13.8 Å². The average Bonchev–Trinajstić information content (AvgIpc) is 3.30. The van der Waals surface area contributed by atoms with Crippen molar-refractivity contribution in [1.82, 2.24) is 25.5 Å². The number of hydrogen-bond acceptors (Lipinski definition) is 6. The normalized spacial score (nSPS) is 13.8. The van der Waals surface area contributed by atoms with Gasteiger partial charge in [0.25, 0.3) is 0 Å². The lowest BCUT2D eigenvalue weighted by Crippen LogP contribution is -2.29. The van der Waals surface area contributed by atoms with Gasteiger partial charge < -0.3 is 10.1 Å². The number of para-hydroxylation sites is 1. The molecule has 0 bridgehead atoms. The molecule has 1 fully saturated rings. The van der Waals surface area contributed by atoms with Gasteiger partial charge in [-0.15, -0.1) is 5.10 Å². The first-order valence-electron chi connectivity index (χ1n) is 8.01. The van der Waals surface area contributed by atoms with Crippen LogP contribution in [0.1, 0.15) is 30.0 Å². The zero-order valence-electron chi connectivity index (χ0n) is 13.9. The quantitative estimate of drug-likeness (QED) is 0.580. The molecule has 0 spiro atoms. The van der Waals surface area contributed by atoms with Gasteiger partial charge >= 0.3 is 0 Å². The van der Waals surface area contributed by atoms with Crippen LogP contribution in [-0.4, -0.2) is 45.0 Å². The van der Waals surface area contributed by atoms with Crippen LogP contribution >= 0.6 is 11.8 Å². The molecule has 0 radical (unpaired) electrons. The van der Waals surface area contributed by atoms with Gasteiger partial charge in [-0.2, -0.15) is 0 Å². The highest BCUT2D eigenvalue weighted by molar-refractivity contribution is 7.99. The van der Waals surface area contributed by atoms with Crippen LogP contribution < -0.4 is 10.1 Å². The fourth-order valence-corrected chi connectivity index (χ4v) is 3.15. The van der Waals surface area contributed by atoms with Crippen molar-refractivity contribution in [3.63, 3.8) is 0 Å². The molecule has 0 aliphatic heterocycles. The van der Waals surface area contributed by atoms with Crippen LogP contribution in [0.25, 0.3) is 0 Å². The van der Waals surface area contributed by atoms with E-state index in [0.717, 1.165) is 29.7 Å². The zero-order chi connectivity index (χ0) is 16.9. The zero-order valence-corrected chi connectivity index (χ0v) is 14.7. The van der Waals surface area contributed by atoms with E-state index in [9.17, 15) is 4.79 Å². The van der Waals surface area contributed by atoms with Crippen LogP contribution in [0.4, 0.5) is 0 Å². The third kappa shape index (κ3) is 4.25. The molecule has 1 N–H and O–H groups in total. The molecule has 0 saturated heterocycles. The summed E-state index contributed by atoms with van der Waals surface area (Å²) in [6.07, 6.45) is 2.22. The number of tetrazole rings is 1. The molecule has 1 amide bonds. The Morgan fingerprint density at radius 1 is 1.38 bits per heavy atom. The number of carbonyl (C=O) groups is 1. The molecule has 24 heavy (non-hydrogen) atoms. The van der Waals surface area contributed by atoms with Gasteiger partial charge in [-0.3, -0.25) is 4.79 Å². The van der Waals surface area contributed by atoms with E-state index in [2.05, 4.69) is 20.8 Å². The van der Waals surface area contributed by atoms with Crippen molar-refractivity contribution in [3.05, 3.63) is 29.3 Å². The average molecular weight is 347 g/mol. The molecule has 128 valence electrons. The minimum Gasteiger partial charge on any atom is -0.491 e. The van der Waals surface area contributed by atoms with Crippen LogP contribution in [-0.2, 0) is 4.79 Å². The Morgan fingerprint density at radius 3 is 2.83 bits per heavy atom. The summed E-state index contributed by atoms with van der Waals surface area (Å²) >= 11 is 1.36. The van der Waals surface area contributed by atoms with Crippen molar-refractivity contribution >= 4 is 17.7 Å². The van der Waals surface area contributed by atoms with Gasteiger partial charge in [-0.25, -0.2) is 4.68 Å². The first-order valence-corrected chi connectivity index (χ1v) is 9.00. The second-order valence-corrected chi connectivity index (χ2v) is 6.79. The van der Waals surface area contributed by atoms with E-state index < -0.39 is 0 Å². The Morgan fingerprint density at radius 2 is 2.12 bits per heavy atom. The molecule has 1 saturated carbocycles. The highest BCUT2D eigenvalue weighted by Gasteiger charge is 2.28. The number of aromatic nitrogens is 4. The summed E-state index contributed by atoms with van der Waals surface area (Å²) in [5, 5.41) is 15.2. The third-order valence-electron chi connectivity index (χ3n) is 3.77. The summed E-state index contributed by atoms with van der Waals surface area (Å²) in [5.74, 6) is 1.15. The van der Waals surface area contributed by atoms with E-state index >= 15 is 0 Å². The molecule has 1 aliphatic rings. The summed E-state index contributed by atoms with van der Waals surface area (Å²) in [6, 6.07) is 6.45. The van der Waals surface area contributed by atoms with E-state index in [1.165, 1.54) is 11.8 Å². The lowest BCUT2D eigenvalue weighted by Gasteiger charge is -2.12. The summed E-state index contributed by atoms with van der Waals surface area (Å²) in [7, 11) is 0. The van der Waals surface area contributed by atoms with E-state index in [-0.39, 0.29) is 5.91 Å². The number of benzene rings is 1. The molecule has 0 unspecified atom stereocenters. The largest absolute Gasteiger partial charge is 0.491 e. The van der Waals surface area contributed by atoms with Crippen molar-refractivity contribution in [3.8, 4) is 5.75 Å². The maximum absolute atomic E-state index is 11.9. The first kappa shape index (κ1) is 16.8. The highest BCUT2D eigenvalue weighted by Crippen LogP contribution is 2.36. The van der Waals surface area contributed by atoms with Gasteiger partial charge in [-0.1, -0.05) is 30.0 Å². The number of rotatable bonds is 8. The molecule has 0 atom stereocenters. The number of amides is 1.